The Balaban J connectivity index is 0.00000192. The maximum atomic E-state index is 4.70. The lowest BCUT2D eigenvalue weighted by molar-refractivity contribution is 0.230. The van der Waals surface area contributed by atoms with Crippen LogP contribution in [0.5, 0.6) is 0 Å². The summed E-state index contributed by atoms with van der Waals surface area (Å²) in [4.78, 5) is 19.7. The van der Waals surface area contributed by atoms with Crippen LogP contribution in [0.15, 0.2) is 58.9 Å². The van der Waals surface area contributed by atoms with E-state index in [2.05, 4.69) is 51.0 Å². The fourth-order valence-electron chi connectivity index (χ4n) is 2.56. The average Bonchev–Trinajstić information content (AvgIpc) is 2.57. The second-order valence-electron chi connectivity index (χ2n) is 5.20. The number of benzene rings is 1. The van der Waals surface area contributed by atoms with Crippen molar-refractivity contribution in [2.75, 3.05) is 13.1 Å². The number of rotatable bonds is 4. The fourth-order valence-corrected chi connectivity index (χ4v) is 2.56. The molecule has 5 nitrogen and oxygen atoms in total. The maximum Gasteiger partial charge on any atom is 0.155 e. The van der Waals surface area contributed by atoms with Crippen molar-refractivity contribution in [1.29, 1.82) is 0 Å². The third kappa shape index (κ3) is 4.65. The molecule has 1 atom stereocenters. The van der Waals surface area contributed by atoms with Gasteiger partial charge in [0.1, 0.15) is 12.5 Å². The molecule has 2 aromatic rings. The van der Waals surface area contributed by atoms with E-state index in [0.717, 1.165) is 25.2 Å². The van der Waals surface area contributed by atoms with Gasteiger partial charge in [-0.3, -0.25) is 9.89 Å². The van der Waals surface area contributed by atoms with Gasteiger partial charge >= 0.3 is 0 Å². The summed E-state index contributed by atoms with van der Waals surface area (Å²) in [6, 6.07) is 12.2. The van der Waals surface area contributed by atoms with E-state index >= 15 is 0 Å². The zero-order chi connectivity index (χ0) is 15.2. The van der Waals surface area contributed by atoms with E-state index in [1.165, 1.54) is 11.9 Å². The Labute approximate surface area is 153 Å². The predicted molar refractivity (Wildman–Crippen MR) is 104 cm³/mol. The SMILES string of the molecule is CCCN1CC(=Nc2ccncn2)C=NC1c1ccccc1.I. The molecule has 3 rings (SSSR count). The molecule has 6 heteroatoms. The van der Waals surface area contributed by atoms with Crippen LogP contribution < -0.4 is 0 Å². The lowest BCUT2D eigenvalue weighted by Gasteiger charge is -2.31. The quantitative estimate of drug-likeness (QED) is 0.709. The van der Waals surface area contributed by atoms with Gasteiger partial charge in [0.2, 0.25) is 0 Å². The van der Waals surface area contributed by atoms with E-state index in [1.54, 1.807) is 12.3 Å². The smallest absolute Gasteiger partial charge is 0.155 e. The summed E-state index contributed by atoms with van der Waals surface area (Å²) in [7, 11) is 0. The second-order valence-corrected chi connectivity index (χ2v) is 5.20. The first-order chi connectivity index (χ1) is 10.9. The van der Waals surface area contributed by atoms with E-state index < -0.39 is 0 Å². The first-order valence-electron chi connectivity index (χ1n) is 7.52. The van der Waals surface area contributed by atoms with Gasteiger partial charge in [-0.15, -0.1) is 24.0 Å². The first-order valence-corrected chi connectivity index (χ1v) is 7.52. The van der Waals surface area contributed by atoms with Crippen LogP contribution in [0, 0.1) is 0 Å². The van der Waals surface area contributed by atoms with Gasteiger partial charge in [-0.05, 0) is 12.0 Å². The van der Waals surface area contributed by atoms with Crippen LogP contribution in [-0.2, 0) is 0 Å². The van der Waals surface area contributed by atoms with Crippen LogP contribution in [0.3, 0.4) is 0 Å². The van der Waals surface area contributed by atoms with E-state index in [9.17, 15) is 0 Å². The molecular formula is C17H20IN5. The zero-order valence-electron chi connectivity index (χ0n) is 13.0. The molecular weight excluding hydrogens is 401 g/mol. The molecule has 120 valence electrons. The highest BCUT2D eigenvalue weighted by Gasteiger charge is 2.23. The minimum atomic E-state index is 0. The monoisotopic (exact) mass is 421 g/mol. The van der Waals surface area contributed by atoms with Crippen molar-refractivity contribution < 1.29 is 0 Å². The summed E-state index contributed by atoms with van der Waals surface area (Å²) in [5.74, 6) is 0.672. The molecule has 1 aromatic carbocycles. The van der Waals surface area contributed by atoms with E-state index in [1.807, 2.05) is 12.3 Å². The first kappa shape index (κ1) is 17.7. The zero-order valence-corrected chi connectivity index (χ0v) is 15.4. The molecule has 0 fully saturated rings. The lowest BCUT2D eigenvalue weighted by Crippen LogP contribution is -2.37. The highest BCUT2D eigenvalue weighted by Crippen LogP contribution is 2.24. The van der Waals surface area contributed by atoms with E-state index in [4.69, 9.17) is 4.99 Å². The van der Waals surface area contributed by atoms with Crippen molar-refractivity contribution in [3.05, 3.63) is 54.5 Å². The van der Waals surface area contributed by atoms with Gasteiger partial charge in [0.05, 0.1) is 5.71 Å². The number of nitrogens with zero attached hydrogens (tertiary/aromatic N) is 5. The summed E-state index contributed by atoms with van der Waals surface area (Å²) >= 11 is 0. The average molecular weight is 421 g/mol. The van der Waals surface area contributed by atoms with Crippen LogP contribution >= 0.6 is 24.0 Å². The summed E-state index contributed by atoms with van der Waals surface area (Å²) in [5, 5.41) is 0. The normalized spacial score (nSPS) is 19.5. The Morgan fingerprint density at radius 1 is 1.22 bits per heavy atom. The minimum Gasteiger partial charge on any atom is -0.272 e. The van der Waals surface area contributed by atoms with Crippen LogP contribution in [-0.4, -0.2) is 39.9 Å². The highest BCUT2D eigenvalue weighted by atomic mass is 127. The standard InChI is InChI=1S/C17H19N5.HI/c1-2-10-22-12-15(21-16-8-9-18-13-20-16)11-19-17(22)14-6-4-3-5-7-14;/h3-9,11,13,17H,2,10,12H2,1H3;1H. The van der Waals surface area contributed by atoms with Crippen LogP contribution in [0.4, 0.5) is 5.82 Å². The molecule has 0 radical (unpaired) electrons. The van der Waals surface area contributed by atoms with Gasteiger partial charge < -0.3 is 0 Å². The van der Waals surface area contributed by atoms with Crippen molar-refractivity contribution in [1.82, 2.24) is 14.9 Å². The van der Waals surface area contributed by atoms with Crippen molar-refractivity contribution in [3.8, 4) is 0 Å². The molecule has 0 saturated heterocycles. The predicted octanol–water partition coefficient (Wildman–Crippen LogP) is 3.66. The molecule has 1 aliphatic heterocycles. The second kappa shape index (κ2) is 8.83. The van der Waals surface area contributed by atoms with Gasteiger partial charge in [-0.25, -0.2) is 15.0 Å². The maximum absolute atomic E-state index is 4.70. The lowest BCUT2D eigenvalue weighted by atomic mass is 10.1. The molecule has 1 aromatic heterocycles. The molecule has 23 heavy (non-hydrogen) atoms. The molecule has 0 bridgehead atoms. The molecule has 1 unspecified atom stereocenters. The molecule has 0 N–H and O–H groups in total. The van der Waals surface area contributed by atoms with E-state index in [-0.39, 0.29) is 30.1 Å². The molecule has 0 amide bonds. The Hall–Kier alpha value is -1.67. The van der Waals surface area contributed by atoms with Gasteiger partial charge in [0, 0.05) is 31.6 Å². The van der Waals surface area contributed by atoms with Crippen LogP contribution in [0.2, 0.25) is 0 Å². The Morgan fingerprint density at radius 2 is 2.04 bits per heavy atom. The highest BCUT2D eigenvalue weighted by molar-refractivity contribution is 14.0. The van der Waals surface area contributed by atoms with Gasteiger partial charge in [-0.1, -0.05) is 37.3 Å². The number of halogens is 1. The Kier molecular flexibility index (Phi) is 6.79. The number of hydrogen-bond acceptors (Lipinski definition) is 5. The number of aliphatic imine (C=N–C) groups is 2. The third-order valence-electron chi connectivity index (χ3n) is 3.51. The number of aromatic nitrogens is 2. The topological polar surface area (TPSA) is 53.7 Å². The van der Waals surface area contributed by atoms with Crippen molar-refractivity contribution >= 4 is 41.7 Å². The minimum absolute atomic E-state index is 0. The summed E-state index contributed by atoms with van der Waals surface area (Å²) < 4.78 is 0. The Morgan fingerprint density at radius 3 is 2.74 bits per heavy atom. The summed E-state index contributed by atoms with van der Waals surface area (Å²) in [6.07, 6.45) is 6.23. The Bertz CT molecular complexity index is 657. The summed E-state index contributed by atoms with van der Waals surface area (Å²) in [6.45, 7) is 3.95. The van der Waals surface area contributed by atoms with Crippen LogP contribution in [0.1, 0.15) is 25.1 Å². The molecule has 0 spiro atoms. The van der Waals surface area contributed by atoms with Gasteiger partial charge in [-0.2, -0.15) is 0 Å². The molecule has 2 heterocycles. The van der Waals surface area contributed by atoms with Crippen molar-refractivity contribution in [3.63, 3.8) is 0 Å². The van der Waals surface area contributed by atoms with Crippen LogP contribution in [0.25, 0.3) is 0 Å². The van der Waals surface area contributed by atoms with Crippen molar-refractivity contribution in [2.24, 2.45) is 9.98 Å². The molecule has 0 aliphatic carbocycles. The number of hydrogen-bond donors (Lipinski definition) is 0. The van der Waals surface area contributed by atoms with Gasteiger partial charge in [0.25, 0.3) is 0 Å². The van der Waals surface area contributed by atoms with Crippen molar-refractivity contribution in [2.45, 2.75) is 19.5 Å². The molecule has 0 saturated carbocycles. The fraction of sp³-hybridized carbons (Fsp3) is 0.294. The van der Waals surface area contributed by atoms with Gasteiger partial charge in [0.15, 0.2) is 5.82 Å². The van der Waals surface area contributed by atoms with E-state index in [0.29, 0.717) is 5.82 Å². The summed E-state index contributed by atoms with van der Waals surface area (Å²) in [5.41, 5.74) is 2.15. The third-order valence-corrected chi connectivity index (χ3v) is 3.51. The largest absolute Gasteiger partial charge is 0.272 e. The molecule has 1 aliphatic rings.